The van der Waals surface area contributed by atoms with Gasteiger partial charge in [0.1, 0.15) is 22.8 Å². The minimum Gasteiger partial charge on any atom is -0.464 e. The first kappa shape index (κ1) is 15.0. The van der Waals surface area contributed by atoms with Crippen LogP contribution in [0.15, 0.2) is 59.3 Å². The monoisotopic (exact) mass is 357 g/mol. The van der Waals surface area contributed by atoms with Gasteiger partial charge in [0.25, 0.3) is 0 Å². The van der Waals surface area contributed by atoms with E-state index < -0.39 is 0 Å². The zero-order valence-electron chi connectivity index (χ0n) is 13.8. The standard InChI is InChI=1S/C21H12ClN3O/c1-12-14(10-23)20-21(25-9-5-4-8-17(25)24-20)19(22)18(12)15-11-26-16-7-3-2-6-13(15)16/h2-9,11H,1H3. The molecule has 0 aliphatic heterocycles. The maximum atomic E-state index is 9.80. The molecule has 0 saturated carbocycles. The molecule has 5 heteroatoms. The maximum absolute atomic E-state index is 9.80. The molecule has 3 heterocycles. The minimum atomic E-state index is 0.536. The summed E-state index contributed by atoms with van der Waals surface area (Å²) < 4.78 is 7.62. The first-order valence-electron chi connectivity index (χ1n) is 8.16. The number of imidazole rings is 1. The number of nitriles is 1. The lowest BCUT2D eigenvalue weighted by Gasteiger charge is -2.11. The van der Waals surface area contributed by atoms with Crippen molar-refractivity contribution in [2.24, 2.45) is 0 Å². The zero-order chi connectivity index (χ0) is 17.8. The number of para-hydroxylation sites is 1. The van der Waals surface area contributed by atoms with E-state index in [1.807, 2.05) is 60.0 Å². The van der Waals surface area contributed by atoms with E-state index in [-0.39, 0.29) is 0 Å². The molecule has 0 amide bonds. The van der Waals surface area contributed by atoms with Gasteiger partial charge in [-0.1, -0.05) is 35.9 Å². The van der Waals surface area contributed by atoms with E-state index in [9.17, 15) is 5.26 Å². The van der Waals surface area contributed by atoms with Gasteiger partial charge in [-0.2, -0.15) is 5.26 Å². The van der Waals surface area contributed by atoms with E-state index in [1.54, 1.807) is 6.26 Å². The molecule has 0 bridgehead atoms. The summed E-state index contributed by atoms with van der Waals surface area (Å²) in [6.45, 7) is 1.91. The molecule has 0 aliphatic carbocycles. The van der Waals surface area contributed by atoms with Gasteiger partial charge in [0.2, 0.25) is 0 Å². The molecule has 26 heavy (non-hydrogen) atoms. The average molecular weight is 358 g/mol. The van der Waals surface area contributed by atoms with Crippen LogP contribution >= 0.6 is 11.6 Å². The lowest BCUT2D eigenvalue weighted by atomic mass is 9.95. The number of aromatic nitrogens is 2. The van der Waals surface area contributed by atoms with Crippen LogP contribution in [0.2, 0.25) is 5.02 Å². The fraction of sp³-hybridized carbons (Fsp3) is 0.0476. The Hall–Kier alpha value is -3.29. The lowest BCUT2D eigenvalue weighted by Crippen LogP contribution is -1.94. The van der Waals surface area contributed by atoms with Crippen LogP contribution in [-0.4, -0.2) is 9.38 Å². The third-order valence-electron chi connectivity index (χ3n) is 4.81. The second kappa shape index (κ2) is 5.35. The Labute approximate surface area is 153 Å². The second-order valence-electron chi connectivity index (χ2n) is 6.18. The molecule has 3 aromatic heterocycles. The third-order valence-corrected chi connectivity index (χ3v) is 5.17. The zero-order valence-corrected chi connectivity index (χ0v) is 14.6. The summed E-state index contributed by atoms with van der Waals surface area (Å²) in [7, 11) is 0. The number of benzene rings is 2. The predicted octanol–water partition coefficient (Wildman–Crippen LogP) is 5.73. The molecule has 5 rings (SSSR count). The molecule has 0 aliphatic rings. The third kappa shape index (κ3) is 1.86. The molecule has 0 N–H and O–H groups in total. The number of pyridine rings is 1. The molecule has 124 valence electrons. The van der Waals surface area contributed by atoms with Gasteiger partial charge >= 0.3 is 0 Å². The first-order chi connectivity index (χ1) is 12.7. The highest BCUT2D eigenvalue weighted by Crippen LogP contribution is 2.43. The first-order valence-corrected chi connectivity index (χ1v) is 8.54. The maximum Gasteiger partial charge on any atom is 0.138 e. The highest BCUT2D eigenvalue weighted by atomic mass is 35.5. The SMILES string of the molecule is Cc1c(-c2coc3ccccc23)c(Cl)c2c(nc3ccccn32)c1C#N. The van der Waals surface area contributed by atoms with Crippen LogP contribution in [0.3, 0.4) is 0 Å². The van der Waals surface area contributed by atoms with Crippen molar-refractivity contribution < 1.29 is 4.42 Å². The van der Waals surface area contributed by atoms with Crippen molar-refractivity contribution in [3.63, 3.8) is 0 Å². The quantitative estimate of drug-likeness (QED) is 0.384. The largest absolute Gasteiger partial charge is 0.464 e. The van der Waals surface area contributed by atoms with E-state index in [2.05, 4.69) is 11.1 Å². The average Bonchev–Trinajstić information content (AvgIpc) is 3.24. The van der Waals surface area contributed by atoms with Gasteiger partial charge in [-0.25, -0.2) is 4.98 Å². The Morgan fingerprint density at radius 2 is 1.96 bits per heavy atom. The van der Waals surface area contributed by atoms with Crippen molar-refractivity contribution in [2.75, 3.05) is 0 Å². The molecule has 4 nitrogen and oxygen atoms in total. The van der Waals surface area contributed by atoms with Crippen molar-refractivity contribution >= 4 is 39.3 Å². The van der Waals surface area contributed by atoms with Crippen LogP contribution in [0.4, 0.5) is 0 Å². The van der Waals surface area contributed by atoms with Crippen molar-refractivity contribution in [3.05, 3.63) is 71.1 Å². The Balaban J connectivity index is 2.01. The van der Waals surface area contributed by atoms with Crippen LogP contribution in [0, 0.1) is 18.3 Å². The van der Waals surface area contributed by atoms with Crippen molar-refractivity contribution in [3.8, 4) is 17.2 Å². The fourth-order valence-electron chi connectivity index (χ4n) is 3.59. The van der Waals surface area contributed by atoms with Gasteiger partial charge in [-0.15, -0.1) is 0 Å². The highest BCUT2D eigenvalue weighted by Gasteiger charge is 2.23. The van der Waals surface area contributed by atoms with Crippen LogP contribution in [0.1, 0.15) is 11.1 Å². The Kier molecular flexibility index (Phi) is 3.09. The topological polar surface area (TPSA) is 54.2 Å². The summed E-state index contributed by atoms with van der Waals surface area (Å²) in [5.74, 6) is 0. The molecule has 0 unspecified atom stereocenters. The van der Waals surface area contributed by atoms with Crippen LogP contribution < -0.4 is 0 Å². The van der Waals surface area contributed by atoms with E-state index >= 15 is 0 Å². The summed E-state index contributed by atoms with van der Waals surface area (Å²) >= 11 is 6.88. The molecule has 0 atom stereocenters. The lowest BCUT2D eigenvalue weighted by molar-refractivity contribution is 0.617. The van der Waals surface area contributed by atoms with Crippen molar-refractivity contribution in [1.29, 1.82) is 5.26 Å². The smallest absolute Gasteiger partial charge is 0.138 e. The number of hydrogen-bond donors (Lipinski definition) is 0. The van der Waals surface area contributed by atoms with Gasteiger partial charge in [-0.05, 0) is 30.7 Å². The van der Waals surface area contributed by atoms with E-state index in [0.29, 0.717) is 16.1 Å². The van der Waals surface area contributed by atoms with E-state index in [1.165, 1.54) is 0 Å². The Morgan fingerprint density at radius 1 is 1.15 bits per heavy atom. The minimum absolute atomic E-state index is 0.536. The van der Waals surface area contributed by atoms with Gasteiger partial charge in [0.15, 0.2) is 0 Å². The highest BCUT2D eigenvalue weighted by molar-refractivity contribution is 6.39. The summed E-state index contributed by atoms with van der Waals surface area (Å²) in [5, 5.41) is 11.3. The normalized spacial score (nSPS) is 11.4. The van der Waals surface area contributed by atoms with Gasteiger partial charge < -0.3 is 4.42 Å². The number of rotatable bonds is 1. The number of fused-ring (bicyclic) bond motifs is 4. The molecule has 0 spiro atoms. The van der Waals surface area contributed by atoms with Crippen molar-refractivity contribution in [1.82, 2.24) is 9.38 Å². The van der Waals surface area contributed by atoms with Crippen LogP contribution in [-0.2, 0) is 0 Å². The number of furan rings is 1. The number of nitrogens with zero attached hydrogens (tertiary/aromatic N) is 3. The summed E-state index contributed by atoms with van der Waals surface area (Å²) in [6.07, 6.45) is 3.61. The van der Waals surface area contributed by atoms with Crippen LogP contribution in [0.25, 0.3) is 38.8 Å². The molecule has 0 saturated heterocycles. The molecular formula is C21H12ClN3O. The van der Waals surface area contributed by atoms with E-state index in [4.69, 9.17) is 16.0 Å². The molecular weight excluding hydrogens is 346 g/mol. The molecule has 0 radical (unpaired) electrons. The Bertz CT molecular complexity index is 1370. The molecule has 2 aromatic carbocycles. The number of hydrogen-bond acceptors (Lipinski definition) is 3. The molecule has 5 aromatic rings. The number of halogens is 1. The van der Waals surface area contributed by atoms with Gasteiger partial charge in [0.05, 0.1) is 22.4 Å². The van der Waals surface area contributed by atoms with Crippen molar-refractivity contribution in [2.45, 2.75) is 6.92 Å². The van der Waals surface area contributed by atoms with Crippen LogP contribution in [0.5, 0.6) is 0 Å². The van der Waals surface area contributed by atoms with Gasteiger partial charge in [-0.3, -0.25) is 4.40 Å². The summed E-state index contributed by atoms with van der Waals surface area (Å²) in [6, 6.07) is 15.9. The summed E-state index contributed by atoms with van der Waals surface area (Å²) in [5.41, 5.74) is 5.94. The fourth-order valence-corrected chi connectivity index (χ4v) is 4.02. The Morgan fingerprint density at radius 3 is 2.81 bits per heavy atom. The molecule has 0 fully saturated rings. The second-order valence-corrected chi connectivity index (χ2v) is 6.56. The summed E-state index contributed by atoms with van der Waals surface area (Å²) in [4.78, 5) is 4.62. The predicted molar refractivity (Wildman–Crippen MR) is 102 cm³/mol. The van der Waals surface area contributed by atoms with E-state index in [0.717, 1.165) is 38.8 Å². The van der Waals surface area contributed by atoms with Gasteiger partial charge in [0, 0.05) is 22.7 Å².